The molecule has 1 amide bonds. The smallest absolute Gasteiger partial charge is 0.311 e. The van der Waals surface area contributed by atoms with E-state index in [-0.39, 0.29) is 12.5 Å². The summed E-state index contributed by atoms with van der Waals surface area (Å²) >= 11 is 0. The first-order chi connectivity index (χ1) is 8.96. The molecule has 102 valence electrons. The van der Waals surface area contributed by atoms with Gasteiger partial charge in [-0.2, -0.15) is 0 Å². The van der Waals surface area contributed by atoms with Crippen LogP contribution in [-0.2, 0) is 4.79 Å². The molecule has 0 radical (unpaired) electrons. The molecule has 0 bridgehead atoms. The van der Waals surface area contributed by atoms with Crippen molar-refractivity contribution >= 4 is 11.9 Å². The Morgan fingerprint density at radius 1 is 1.42 bits per heavy atom. The Labute approximate surface area is 111 Å². The van der Waals surface area contributed by atoms with Crippen molar-refractivity contribution in [3.05, 3.63) is 29.8 Å². The van der Waals surface area contributed by atoms with Crippen LogP contribution in [0.1, 0.15) is 23.7 Å². The first-order valence-corrected chi connectivity index (χ1v) is 6.13. The molecule has 5 nitrogen and oxygen atoms in total. The molecule has 1 atom stereocenters. The van der Waals surface area contributed by atoms with Crippen LogP contribution in [0.4, 0.5) is 0 Å². The van der Waals surface area contributed by atoms with Crippen LogP contribution in [-0.4, -0.2) is 42.1 Å². The predicted molar refractivity (Wildman–Crippen MR) is 69.3 cm³/mol. The molecule has 1 heterocycles. The number of aliphatic carboxylic acids is 1. The topological polar surface area (TPSA) is 66.8 Å². The van der Waals surface area contributed by atoms with Gasteiger partial charge in [-0.05, 0) is 31.5 Å². The number of methoxy groups -OCH3 is 1. The summed E-state index contributed by atoms with van der Waals surface area (Å²) in [6.07, 6.45) is 0.484. The van der Waals surface area contributed by atoms with Gasteiger partial charge in [-0.1, -0.05) is 6.07 Å². The Morgan fingerprint density at radius 3 is 2.74 bits per heavy atom. The van der Waals surface area contributed by atoms with Crippen molar-refractivity contribution in [3.63, 3.8) is 0 Å². The van der Waals surface area contributed by atoms with Crippen LogP contribution in [0.3, 0.4) is 0 Å². The molecule has 1 N–H and O–H groups in total. The van der Waals surface area contributed by atoms with Crippen molar-refractivity contribution in [3.8, 4) is 5.75 Å². The van der Waals surface area contributed by atoms with Crippen LogP contribution < -0.4 is 4.74 Å². The van der Waals surface area contributed by atoms with Gasteiger partial charge in [0.1, 0.15) is 5.75 Å². The molecule has 1 aliphatic rings. The number of nitrogens with zero attached hydrogens (tertiary/aromatic N) is 1. The van der Waals surface area contributed by atoms with Gasteiger partial charge in [-0.15, -0.1) is 0 Å². The molecule has 0 saturated carbocycles. The lowest BCUT2D eigenvalue weighted by Gasteiger charge is -2.20. The van der Waals surface area contributed by atoms with E-state index in [1.54, 1.807) is 43.2 Å². The molecule has 19 heavy (non-hydrogen) atoms. The molecule has 1 saturated heterocycles. The molecule has 1 unspecified atom stereocenters. The zero-order chi connectivity index (χ0) is 14.0. The number of carbonyl (C=O) groups is 2. The summed E-state index contributed by atoms with van der Waals surface area (Å²) in [7, 11) is 1.54. The Bertz CT molecular complexity index is 514. The molecular formula is C14H17NO4. The third-order valence-electron chi connectivity index (χ3n) is 3.59. The fourth-order valence-electron chi connectivity index (χ4n) is 2.25. The molecule has 1 aromatic carbocycles. The van der Waals surface area contributed by atoms with E-state index in [1.165, 1.54) is 0 Å². The summed E-state index contributed by atoms with van der Waals surface area (Å²) in [5.74, 6) is -0.386. The lowest BCUT2D eigenvalue weighted by atomic mass is 9.90. The Hall–Kier alpha value is -2.04. The number of carboxylic acids is 1. The van der Waals surface area contributed by atoms with Crippen molar-refractivity contribution in [1.82, 2.24) is 4.90 Å². The lowest BCUT2D eigenvalue weighted by molar-refractivity contribution is -0.147. The Balaban J connectivity index is 2.15. The fourth-order valence-corrected chi connectivity index (χ4v) is 2.25. The first-order valence-electron chi connectivity index (χ1n) is 6.13. The average molecular weight is 263 g/mol. The minimum Gasteiger partial charge on any atom is -0.497 e. The summed E-state index contributed by atoms with van der Waals surface area (Å²) in [4.78, 5) is 25.1. The molecule has 1 aromatic rings. The van der Waals surface area contributed by atoms with Gasteiger partial charge < -0.3 is 14.7 Å². The summed E-state index contributed by atoms with van der Waals surface area (Å²) < 4.78 is 5.08. The van der Waals surface area contributed by atoms with Gasteiger partial charge in [-0.25, -0.2) is 0 Å². The number of likely N-dealkylation sites (tertiary alicyclic amines) is 1. The number of hydrogen-bond acceptors (Lipinski definition) is 3. The van der Waals surface area contributed by atoms with Crippen molar-refractivity contribution in [2.24, 2.45) is 5.41 Å². The van der Waals surface area contributed by atoms with E-state index < -0.39 is 11.4 Å². The molecule has 1 aliphatic heterocycles. The van der Waals surface area contributed by atoms with Gasteiger partial charge in [0, 0.05) is 18.7 Å². The molecule has 0 aromatic heterocycles. The van der Waals surface area contributed by atoms with E-state index in [0.29, 0.717) is 24.3 Å². The van der Waals surface area contributed by atoms with Crippen LogP contribution in [0.2, 0.25) is 0 Å². The predicted octanol–water partition coefficient (Wildman–Crippen LogP) is 1.63. The maximum Gasteiger partial charge on any atom is 0.311 e. The van der Waals surface area contributed by atoms with Crippen molar-refractivity contribution in [1.29, 1.82) is 0 Å². The SMILES string of the molecule is COc1cccc(C(=O)N2CCC(C)(C(=O)O)C2)c1. The van der Waals surface area contributed by atoms with Crippen LogP contribution in [0.15, 0.2) is 24.3 Å². The van der Waals surface area contributed by atoms with Gasteiger partial charge in [0.15, 0.2) is 0 Å². The monoisotopic (exact) mass is 263 g/mol. The summed E-state index contributed by atoms with van der Waals surface area (Å²) in [6.45, 7) is 2.39. The van der Waals surface area contributed by atoms with Gasteiger partial charge in [-0.3, -0.25) is 9.59 Å². The van der Waals surface area contributed by atoms with Crippen molar-refractivity contribution < 1.29 is 19.4 Å². The van der Waals surface area contributed by atoms with E-state index in [9.17, 15) is 9.59 Å². The standard InChI is InChI=1S/C14H17NO4/c1-14(13(17)18)6-7-15(9-14)12(16)10-4-3-5-11(8-10)19-2/h3-5,8H,6-7,9H2,1-2H3,(H,17,18). The van der Waals surface area contributed by atoms with E-state index >= 15 is 0 Å². The summed E-state index contributed by atoms with van der Waals surface area (Å²) in [5.41, 5.74) is -0.317. The van der Waals surface area contributed by atoms with E-state index in [4.69, 9.17) is 9.84 Å². The maximum absolute atomic E-state index is 12.3. The highest BCUT2D eigenvalue weighted by Gasteiger charge is 2.42. The molecule has 5 heteroatoms. The summed E-state index contributed by atoms with van der Waals surface area (Å²) in [6, 6.07) is 6.89. The fraction of sp³-hybridized carbons (Fsp3) is 0.429. The zero-order valence-electron chi connectivity index (χ0n) is 11.0. The highest BCUT2D eigenvalue weighted by molar-refractivity contribution is 5.95. The third kappa shape index (κ3) is 2.54. The van der Waals surface area contributed by atoms with Gasteiger partial charge in [0.2, 0.25) is 0 Å². The van der Waals surface area contributed by atoms with E-state index in [1.807, 2.05) is 0 Å². The molecular weight excluding hydrogens is 246 g/mol. The maximum atomic E-state index is 12.3. The second-order valence-corrected chi connectivity index (χ2v) is 5.07. The van der Waals surface area contributed by atoms with Gasteiger partial charge in [0.05, 0.1) is 12.5 Å². The van der Waals surface area contributed by atoms with E-state index in [2.05, 4.69) is 0 Å². The number of amides is 1. The second-order valence-electron chi connectivity index (χ2n) is 5.07. The van der Waals surface area contributed by atoms with Crippen LogP contribution >= 0.6 is 0 Å². The van der Waals surface area contributed by atoms with Gasteiger partial charge >= 0.3 is 5.97 Å². The Morgan fingerprint density at radius 2 is 2.16 bits per heavy atom. The normalized spacial score (nSPS) is 22.3. The van der Waals surface area contributed by atoms with Crippen molar-refractivity contribution in [2.45, 2.75) is 13.3 Å². The number of rotatable bonds is 3. The molecule has 0 spiro atoms. The van der Waals surface area contributed by atoms with Crippen molar-refractivity contribution in [2.75, 3.05) is 20.2 Å². The number of carboxylic acid groups (broad SMARTS) is 1. The zero-order valence-corrected chi connectivity index (χ0v) is 11.0. The number of hydrogen-bond donors (Lipinski definition) is 1. The molecule has 1 fully saturated rings. The average Bonchev–Trinajstić information content (AvgIpc) is 2.82. The molecule has 0 aliphatic carbocycles. The van der Waals surface area contributed by atoms with Crippen LogP contribution in [0, 0.1) is 5.41 Å². The number of carbonyl (C=O) groups excluding carboxylic acids is 1. The minimum atomic E-state index is -0.853. The second kappa shape index (κ2) is 4.91. The highest BCUT2D eigenvalue weighted by Crippen LogP contribution is 2.31. The number of benzene rings is 1. The quantitative estimate of drug-likeness (QED) is 0.900. The van der Waals surface area contributed by atoms with E-state index in [0.717, 1.165) is 0 Å². The van der Waals surface area contributed by atoms with Crippen LogP contribution in [0.5, 0.6) is 5.75 Å². The largest absolute Gasteiger partial charge is 0.497 e. The number of ether oxygens (including phenoxy) is 1. The minimum absolute atomic E-state index is 0.149. The molecule has 2 rings (SSSR count). The summed E-state index contributed by atoms with van der Waals surface area (Å²) in [5, 5.41) is 9.17. The highest BCUT2D eigenvalue weighted by atomic mass is 16.5. The van der Waals surface area contributed by atoms with Crippen LogP contribution in [0.25, 0.3) is 0 Å². The lowest BCUT2D eigenvalue weighted by Crippen LogP contribution is -2.34. The Kier molecular flexibility index (Phi) is 3.46. The first kappa shape index (κ1) is 13.4. The third-order valence-corrected chi connectivity index (χ3v) is 3.59. The van der Waals surface area contributed by atoms with Gasteiger partial charge in [0.25, 0.3) is 5.91 Å².